The predicted molar refractivity (Wildman–Crippen MR) is 82.9 cm³/mol. The molecule has 108 valence electrons. The molecule has 19 heavy (non-hydrogen) atoms. The van der Waals surface area contributed by atoms with E-state index in [0.29, 0.717) is 0 Å². The lowest BCUT2D eigenvalue weighted by atomic mass is 10.1. The summed E-state index contributed by atoms with van der Waals surface area (Å²) < 4.78 is 5.64. The highest BCUT2D eigenvalue weighted by Crippen LogP contribution is 2.15. The van der Waals surface area contributed by atoms with E-state index >= 15 is 0 Å². The fraction of sp³-hybridized carbons (Fsp3) is 0.647. The van der Waals surface area contributed by atoms with Crippen LogP contribution in [0.5, 0.6) is 5.75 Å². The van der Waals surface area contributed by atoms with Gasteiger partial charge in [-0.1, -0.05) is 26.0 Å². The van der Waals surface area contributed by atoms with Gasteiger partial charge in [-0.3, -0.25) is 0 Å². The average Bonchev–Trinajstić information content (AvgIpc) is 2.34. The second-order valence-electron chi connectivity index (χ2n) is 5.87. The number of hydrogen-bond acceptors (Lipinski definition) is 2. The molecular formula is C17H29NO. The molecule has 1 rings (SSSR count). The molecule has 2 heteroatoms. The first-order chi connectivity index (χ1) is 9.08. The molecule has 1 N–H and O–H groups in total. The normalized spacial score (nSPS) is 11.3. The molecule has 0 spiro atoms. The highest BCUT2D eigenvalue weighted by molar-refractivity contribution is 5.27. The maximum Gasteiger partial charge on any atom is 0.119 e. The highest BCUT2D eigenvalue weighted by Gasteiger charge is 1.98. The van der Waals surface area contributed by atoms with E-state index < -0.39 is 0 Å². The van der Waals surface area contributed by atoms with Gasteiger partial charge in [0, 0.05) is 0 Å². The van der Waals surface area contributed by atoms with E-state index in [9.17, 15) is 0 Å². The molecule has 0 saturated heterocycles. The molecule has 0 atom stereocenters. The molecule has 1 aromatic rings. The maximum atomic E-state index is 5.64. The molecule has 0 aliphatic heterocycles. The van der Waals surface area contributed by atoms with E-state index in [1.165, 1.54) is 18.4 Å². The van der Waals surface area contributed by atoms with Crippen molar-refractivity contribution >= 4 is 0 Å². The fourth-order valence-electron chi connectivity index (χ4n) is 1.98. The van der Waals surface area contributed by atoms with E-state index in [2.05, 4.69) is 57.3 Å². The van der Waals surface area contributed by atoms with Gasteiger partial charge in [0.1, 0.15) is 5.75 Å². The summed E-state index contributed by atoms with van der Waals surface area (Å²) in [7, 11) is 0. The standard InChI is InChI=1S/C17H29NO/c1-14(2)13-18-12-6-5-7-16-8-10-17(11-9-16)19-15(3)4/h8-11,14-15,18H,5-7,12-13H2,1-4H3. The maximum absolute atomic E-state index is 5.64. The van der Waals surface area contributed by atoms with Crippen LogP contribution in [0.1, 0.15) is 46.1 Å². The van der Waals surface area contributed by atoms with Gasteiger partial charge in [0.15, 0.2) is 0 Å². The van der Waals surface area contributed by atoms with Crippen LogP contribution in [0.3, 0.4) is 0 Å². The van der Waals surface area contributed by atoms with Gasteiger partial charge in [-0.15, -0.1) is 0 Å². The summed E-state index contributed by atoms with van der Waals surface area (Å²) in [5.74, 6) is 1.71. The van der Waals surface area contributed by atoms with E-state index in [1.54, 1.807) is 0 Å². The van der Waals surface area contributed by atoms with Crippen LogP contribution in [0.15, 0.2) is 24.3 Å². The van der Waals surface area contributed by atoms with Crippen LogP contribution in [0.4, 0.5) is 0 Å². The van der Waals surface area contributed by atoms with Crippen molar-refractivity contribution in [1.29, 1.82) is 0 Å². The monoisotopic (exact) mass is 263 g/mol. The Morgan fingerprint density at radius 2 is 1.68 bits per heavy atom. The summed E-state index contributed by atoms with van der Waals surface area (Å²) in [5, 5.41) is 3.48. The predicted octanol–water partition coefficient (Wildman–Crippen LogP) is 4.04. The summed E-state index contributed by atoms with van der Waals surface area (Å²) in [4.78, 5) is 0. The molecule has 0 aromatic heterocycles. The van der Waals surface area contributed by atoms with Crippen LogP contribution in [0.2, 0.25) is 0 Å². The summed E-state index contributed by atoms with van der Waals surface area (Å²) >= 11 is 0. The third kappa shape index (κ3) is 7.89. The van der Waals surface area contributed by atoms with Gasteiger partial charge in [-0.25, -0.2) is 0 Å². The topological polar surface area (TPSA) is 21.3 Å². The van der Waals surface area contributed by atoms with Crippen molar-refractivity contribution in [1.82, 2.24) is 5.32 Å². The first-order valence-corrected chi connectivity index (χ1v) is 7.54. The Labute approximate surface area is 118 Å². The molecule has 0 aliphatic carbocycles. The minimum absolute atomic E-state index is 0.248. The lowest BCUT2D eigenvalue weighted by Crippen LogP contribution is -2.20. The Morgan fingerprint density at radius 1 is 1.00 bits per heavy atom. The lowest BCUT2D eigenvalue weighted by molar-refractivity contribution is 0.242. The molecule has 2 nitrogen and oxygen atoms in total. The average molecular weight is 263 g/mol. The number of aryl methyl sites for hydroxylation is 1. The van der Waals surface area contributed by atoms with Crippen LogP contribution in [-0.2, 0) is 6.42 Å². The molecule has 0 unspecified atom stereocenters. The Bertz CT molecular complexity index is 330. The van der Waals surface area contributed by atoms with E-state index in [1.807, 2.05) is 0 Å². The highest BCUT2D eigenvalue weighted by atomic mass is 16.5. The van der Waals surface area contributed by atoms with E-state index in [-0.39, 0.29) is 6.10 Å². The lowest BCUT2D eigenvalue weighted by Gasteiger charge is -2.10. The number of benzene rings is 1. The zero-order chi connectivity index (χ0) is 14.1. The first kappa shape index (κ1) is 16.0. The SMILES string of the molecule is CC(C)CNCCCCc1ccc(OC(C)C)cc1. The van der Waals surface area contributed by atoms with Crippen LogP contribution in [0, 0.1) is 5.92 Å². The van der Waals surface area contributed by atoms with E-state index in [0.717, 1.165) is 31.2 Å². The number of rotatable bonds is 9. The molecule has 0 saturated carbocycles. The van der Waals surface area contributed by atoms with Crippen molar-refractivity contribution in [2.24, 2.45) is 5.92 Å². The summed E-state index contributed by atoms with van der Waals surface area (Å²) in [6.07, 6.45) is 3.90. The summed E-state index contributed by atoms with van der Waals surface area (Å²) in [5.41, 5.74) is 1.40. The van der Waals surface area contributed by atoms with Crippen LogP contribution >= 0.6 is 0 Å². The first-order valence-electron chi connectivity index (χ1n) is 7.54. The third-order valence-corrected chi connectivity index (χ3v) is 2.92. The smallest absolute Gasteiger partial charge is 0.119 e. The molecular weight excluding hydrogens is 234 g/mol. The minimum Gasteiger partial charge on any atom is -0.491 e. The number of ether oxygens (including phenoxy) is 1. The molecule has 0 fully saturated rings. The van der Waals surface area contributed by atoms with Crippen molar-refractivity contribution in [3.05, 3.63) is 29.8 Å². The van der Waals surface area contributed by atoms with Gasteiger partial charge in [0.2, 0.25) is 0 Å². The molecule has 1 aromatic carbocycles. The summed E-state index contributed by atoms with van der Waals surface area (Å²) in [6, 6.07) is 8.51. The van der Waals surface area contributed by atoms with Gasteiger partial charge in [0.05, 0.1) is 6.10 Å². The number of unbranched alkanes of at least 4 members (excludes halogenated alkanes) is 1. The fourth-order valence-corrected chi connectivity index (χ4v) is 1.98. The Morgan fingerprint density at radius 3 is 2.26 bits per heavy atom. The van der Waals surface area contributed by atoms with Crippen LogP contribution in [-0.4, -0.2) is 19.2 Å². The Kier molecular flexibility index (Phi) is 7.57. The van der Waals surface area contributed by atoms with Crippen LogP contribution < -0.4 is 10.1 Å². The Balaban J connectivity index is 2.16. The molecule has 0 heterocycles. The zero-order valence-electron chi connectivity index (χ0n) is 12.9. The number of nitrogens with one attached hydrogen (secondary N) is 1. The van der Waals surface area contributed by atoms with Crippen molar-refractivity contribution in [2.75, 3.05) is 13.1 Å². The molecule has 0 bridgehead atoms. The molecule has 0 aliphatic rings. The third-order valence-electron chi connectivity index (χ3n) is 2.92. The van der Waals surface area contributed by atoms with Crippen molar-refractivity contribution < 1.29 is 4.74 Å². The summed E-state index contributed by atoms with van der Waals surface area (Å²) in [6.45, 7) is 10.9. The number of hydrogen-bond donors (Lipinski definition) is 1. The van der Waals surface area contributed by atoms with Gasteiger partial charge < -0.3 is 10.1 Å². The van der Waals surface area contributed by atoms with E-state index in [4.69, 9.17) is 4.74 Å². The minimum atomic E-state index is 0.248. The zero-order valence-corrected chi connectivity index (χ0v) is 12.9. The van der Waals surface area contributed by atoms with Gasteiger partial charge >= 0.3 is 0 Å². The van der Waals surface area contributed by atoms with Crippen molar-refractivity contribution in [2.45, 2.75) is 53.1 Å². The van der Waals surface area contributed by atoms with Gasteiger partial charge in [0.25, 0.3) is 0 Å². The van der Waals surface area contributed by atoms with Gasteiger partial charge in [-0.05, 0) is 69.8 Å². The van der Waals surface area contributed by atoms with Crippen molar-refractivity contribution in [3.63, 3.8) is 0 Å². The quantitative estimate of drug-likeness (QED) is 0.679. The van der Waals surface area contributed by atoms with Gasteiger partial charge in [-0.2, -0.15) is 0 Å². The second-order valence-corrected chi connectivity index (χ2v) is 5.87. The molecule has 0 amide bonds. The molecule has 0 radical (unpaired) electrons. The van der Waals surface area contributed by atoms with Crippen molar-refractivity contribution in [3.8, 4) is 5.75 Å². The second kappa shape index (κ2) is 8.98. The van der Waals surface area contributed by atoms with Crippen LogP contribution in [0.25, 0.3) is 0 Å². The largest absolute Gasteiger partial charge is 0.491 e. The Hall–Kier alpha value is -1.02.